The van der Waals surface area contributed by atoms with Gasteiger partial charge in [0.25, 0.3) is 0 Å². The first-order valence-electron chi connectivity index (χ1n) is 14.0. The van der Waals surface area contributed by atoms with E-state index in [0.29, 0.717) is 0 Å². The van der Waals surface area contributed by atoms with E-state index < -0.39 is 75.1 Å². The van der Waals surface area contributed by atoms with Gasteiger partial charge in [0.2, 0.25) is 0 Å². The lowest BCUT2D eigenvalue weighted by Crippen LogP contribution is -2.50. The predicted molar refractivity (Wildman–Crippen MR) is 166 cm³/mol. The lowest BCUT2D eigenvalue weighted by Gasteiger charge is -2.40. The molecule has 234 valence electrons. The molecule has 2 fully saturated rings. The summed E-state index contributed by atoms with van der Waals surface area (Å²) in [6.07, 6.45) is -4.40. The summed E-state index contributed by atoms with van der Waals surface area (Å²) in [7, 11) is -7.93. The minimum atomic E-state index is -3.74. The molecule has 0 aromatic carbocycles. The van der Waals surface area contributed by atoms with Crippen molar-refractivity contribution in [2.45, 2.75) is 126 Å². The number of rotatable bonds is 12. The normalized spacial score (nSPS) is 34.6. The number of hydrogen-bond acceptors (Lipinski definition) is 10. The second kappa shape index (κ2) is 13.3. The Kier molecular flexibility index (Phi) is 12.3. The van der Waals surface area contributed by atoms with Crippen LogP contribution in [0.5, 0.6) is 0 Å². The predicted octanol–water partition coefficient (Wildman–Crippen LogP) is 2.47. The Bertz CT molecular complexity index is 931. The van der Waals surface area contributed by atoms with Gasteiger partial charge in [0.05, 0.1) is 37.4 Å². The summed E-state index contributed by atoms with van der Waals surface area (Å²) in [4.78, 5) is 9.63. The van der Waals surface area contributed by atoms with E-state index in [-0.39, 0.29) is 29.3 Å². The maximum absolute atomic E-state index is 13.6. The number of hydrogen-bond donors (Lipinski definition) is 2. The second-order valence-electron chi connectivity index (χ2n) is 14.1. The van der Waals surface area contributed by atoms with E-state index in [0.717, 1.165) is 0 Å². The highest BCUT2D eigenvalue weighted by Crippen LogP contribution is 2.50. The molecule has 0 aromatic heterocycles. The molecule has 2 aliphatic rings. The molecular formula is C23H52B2O11P2Si2. The van der Waals surface area contributed by atoms with Gasteiger partial charge in [0.15, 0.2) is 16.6 Å². The fraction of sp³-hybridized carbons (Fsp3) is 1.00. The van der Waals surface area contributed by atoms with Gasteiger partial charge in [-0.25, -0.2) is 0 Å². The first-order chi connectivity index (χ1) is 17.9. The highest BCUT2D eigenvalue weighted by Gasteiger charge is 2.52. The Labute approximate surface area is 245 Å². The van der Waals surface area contributed by atoms with Gasteiger partial charge in [0, 0.05) is 6.66 Å². The smallest absolute Gasteiger partial charge is 0.328 e. The Morgan fingerprint density at radius 3 is 1.68 bits per heavy atom. The van der Waals surface area contributed by atoms with E-state index in [9.17, 15) is 19.1 Å². The van der Waals surface area contributed by atoms with Gasteiger partial charge in [-0.15, -0.1) is 0 Å². The van der Waals surface area contributed by atoms with E-state index in [1.165, 1.54) is 6.66 Å². The quantitative estimate of drug-likeness (QED) is 0.239. The molecule has 2 aliphatic heterocycles. The molecule has 40 heavy (non-hydrogen) atoms. The van der Waals surface area contributed by atoms with E-state index in [4.69, 9.17) is 31.9 Å². The van der Waals surface area contributed by atoms with Crippen LogP contribution in [0.4, 0.5) is 0 Å². The van der Waals surface area contributed by atoms with Crippen molar-refractivity contribution >= 4 is 48.2 Å². The molecule has 2 rings (SSSR count). The van der Waals surface area contributed by atoms with Crippen LogP contribution in [0.1, 0.15) is 41.5 Å². The minimum absolute atomic E-state index is 0.0793. The monoisotopic (exact) mass is 644 g/mol. The van der Waals surface area contributed by atoms with Crippen molar-refractivity contribution in [3.05, 3.63) is 0 Å². The van der Waals surface area contributed by atoms with Crippen LogP contribution in [0.25, 0.3) is 0 Å². The van der Waals surface area contributed by atoms with Crippen molar-refractivity contribution in [1.29, 1.82) is 0 Å². The summed E-state index contributed by atoms with van der Waals surface area (Å²) in [6, 6.07) is -0.833. The SMILES string of the molecule is B[C@@H]1O[C@H](COP(C)(=O)OC2[C@@H](CO)O[C@@H](B)[C@H]2O[Si](C)(C)C(C)(C)C)C(O[PH](=O)O)[C@@H]1O[Si](C)(C)C(C)(C)C. The van der Waals surface area contributed by atoms with Gasteiger partial charge in [-0.2, -0.15) is 0 Å². The van der Waals surface area contributed by atoms with E-state index in [1.54, 1.807) is 0 Å². The molecule has 0 spiro atoms. The van der Waals surface area contributed by atoms with Crippen molar-refractivity contribution in [2.75, 3.05) is 19.9 Å². The molecule has 0 amide bonds. The highest BCUT2D eigenvalue weighted by molar-refractivity contribution is 7.53. The maximum Gasteiger partial charge on any atom is 0.328 e. The Hall–Kier alpha value is 0.664. The van der Waals surface area contributed by atoms with Crippen molar-refractivity contribution in [3.63, 3.8) is 0 Å². The lowest BCUT2D eigenvalue weighted by atomic mass is 9.93. The zero-order valence-electron chi connectivity index (χ0n) is 26.5. The summed E-state index contributed by atoms with van der Waals surface area (Å²) < 4.78 is 67.7. The first-order valence-corrected chi connectivity index (χ1v) is 23.1. The van der Waals surface area contributed by atoms with Gasteiger partial charge >= 0.3 is 15.9 Å². The fourth-order valence-corrected chi connectivity index (χ4v) is 8.72. The largest absolute Gasteiger partial charge is 0.409 e. The first kappa shape index (κ1) is 36.9. The van der Waals surface area contributed by atoms with Crippen LogP contribution in [-0.2, 0) is 41.0 Å². The summed E-state index contributed by atoms with van der Waals surface area (Å²) >= 11 is 0. The van der Waals surface area contributed by atoms with Gasteiger partial charge in [0.1, 0.15) is 40.1 Å². The van der Waals surface area contributed by atoms with E-state index >= 15 is 0 Å². The van der Waals surface area contributed by atoms with Crippen LogP contribution in [0.3, 0.4) is 0 Å². The van der Waals surface area contributed by atoms with Crippen LogP contribution < -0.4 is 0 Å². The molecule has 0 aliphatic carbocycles. The Balaban J connectivity index is 2.19. The molecule has 2 saturated heterocycles. The number of ether oxygens (including phenoxy) is 2. The zero-order chi connectivity index (χ0) is 31.1. The third kappa shape index (κ3) is 9.09. The molecule has 11 nitrogen and oxygen atoms in total. The van der Waals surface area contributed by atoms with Crippen LogP contribution in [-0.4, -0.2) is 111 Å². The Morgan fingerprint density at radius 1 is 0.850 bits per heavy atom. The van der Waals surface area contributed by atoms with E-state index in [2.05, 4.69) is 67.7 Å². The molecule has 4 unspecified atom stereocenters. The second-order valence-corrected chi connectivity index (χ2v) is 26.4. The van der Waals surface area contributed by atoms with Crippen molar-refractivity contribution in [2.24, 2.45) is 0 Å². The molecule has 0 radical (unpaired) electrons. The van der Waals surface area contributed by atoms with Gasteiger partial charge in [-0.05, 0) is 36.3 Å². The van der Waals surface area contributed by atoms with Crippen LogP contribution >= 0.6 is 15.9 Å². The molecule has 17 heteroatoms. The van der Waals surface area contributed by atoms with Crippen molar-refractivity contribution in [1.82, 2.24) is 0 Å². The van der Waals surface area contributed by atoms with Crippen LogP contribution in [0, 0.1) is 0 Å². The molecule has 2 heterocycles. The number of aliphatic hydroxyl groups excluding tert-OH is 1. The summed E-state index contributed by atoms with van der Waals surface area (Å²) in [5, 5.41) is 9.80. The molecule has 0 saturated carbocycles. The molecule has 0 bridgehead atoms. The van der Waals surface area contributed by atoms with Gasteiger partial charge in [-0.3, -0.25) is 13.7 Å². The van der Waals surface area contributed by atoms with E-state index in [1.807, 2.05) is 15.7 Å². The summed E-state index contributed by atoms with van der Waals surface area (Å²) in [6.45, 7) is 21.9. The standard InChI is InChI=1S/C23H52B2O11P2Si2/c1-22(2,3)39(8,9)35-18-16(33-37(27)28)15(32-20(18)24)13-30-38(7,29)34-17-14(12-26)31-21(25)19(17)36-40(10,11)23(4,5)6/h14-21,26,37H,12-13,24-25H2,1-11H3,(H,27,28)/t14-,15-,16?,17?,18+,19+,20-,21-,38?/m1/s1. The third-order valence-corrected chi connectivity index (χ3v) is 19.4. The highest BCUT2D eigenvalue weighted by atomic mass is 31.2. The van der Waals surface area contributed by atoms with Crippen molar-refractivity contribution in [3.8, 4) is 0 Å². The zero-order valence-corrected chi connectivity index (χ0v) is 30.4. The topological polar surface area (TPSA) is 139 Å². The maximum atomic E-state index is 13.6. The molecule has 0 aromatic rings. The minimum Gasteiger partial charge on any atom is -0.409 e. The van der Waals surface area contributed by atoms with Crippen molar-refractivity contribution < 1.29 is 51.0 Å². The summed E-state index contributed by atoms with van der Waals surface area (Å²) in [5.41, 5.74) is 0. The van der Waals surface area contributed by atoms with Gasteiger partial charge in [-0.1, -0.05) is 41.5 Å². The number of aliphatic hydroxyl groups is 1. The lowest BCUT2D eigenvalue weighted by molar-refractivity contribution is -0.0165. The van der Waals surface area contributed by atoms with Crippen LogP contribution in [0.15, 0.2) is 0 Å². The van der Waals surface area contributed by atoms with Crippen LogP contribution in [0.2, 0.25) is 36.3 Å². The molecule has 10 atom stereocenters. The Morgan fingerprint density at radius 2 is 1.27 bits per heavy atom. The fourth-order valence-electron chi connectivity index (χ4n) is 4.31. The average molecular weight is 644 g/mol. The average Bonchev–Trinajstić information content (AvgIpc) is 3.20. The van der Waals surface area contributed by atoms with Gasteiger partial charge < -0.3 is 37.4 Å². The summed E-state index contributed by atoms with van der Waals surface area (Å²) in [5.74, 6) is 0. The molecule has 2 N–H and O–H groups in total. The third-order valence-electron chi connectivity index (χ3n) is 8.76. The molecular weight excluding hydrogens is 592 g/mol.